The van der Waals surface area contributed by atoms with Crippen LogP contribution in [0.4, 0.5) is 13.2 Å². The molecule has 0 saturated carbocycles. The van der Waals surface area contributed by atoms with Gasteiger partial charge in [0.15, 0.2) is 5.78 Å². The maximum atomic E-state index is 12.3. The molecule has 7 heteroatoms. The fourth-order valence-electron chi connectivity index (χ4n) is 2.26. The van der Waals surface area contributed by atoms with E-state index in [0.717, 1.165) is 32.1 Å². The maximum Gasteiger partial charge on any atom is 0.573 e. The molecule has 0 radical (unpaired) electrons. The summed E-state index contributed by atoms with van der Waals surface area (Å²) in [5, 5.41) is 3.21. The minimum atomic E-state index is -4.80. The summed E-state index contributed by atoms with van der Waals surface area (Å²) in [6.07, 6.45) is -3.89. The second kappa shape index (κ2) is 6.91. The van der Waals surface area contributed by atoms with Crippen LogP contribution in [0.25, 0.3) is 0 Å². The third-order valence-electron chi connectivity index (χ3n) is 3.21. The number of benzene rings is 1. The van der Waals surface area contributed by atoms with E-state index in [1.54, 1.807) is 0 Å². The molecule has 1 aromatic carbocycles. The van der Waals surface area contributed by atoms with Crippen LogP contribution >= 0.6 is 0 Å². The summed E-state index contributed by atoms with van der Waals surface area (Å²) >= 11 is 0. The quantitative estimate of drug-likeness (QED) is 0.865. The molecule has 1 heterocycles. The van der Waals surface area contributed by atoms with E-state index in [-0.39, 0.29) is 17.9 Å². The highest BCUT2D eigenvalue weighted by Crippen LogP contribution is 2.26. The summed E-state index contributed by atoms with van der Waals surface area (Å²) in [6, 6.07) is 5.46. The highest BCUT2D eigenvalue weighted by Gasteiger charge is 2.32. The van der Waals surface area contributed by atoms with Crippen molar-refractivity contribution in [3.63, 3.8) is 0 Å². The van der Waals surface area contributed by atoms with Crippen LogP contribution in [0.2, 0.25) is 0 Å². The molecule has 0 aliphatic carbocycles. The first-order chi connectivity index (χ1) is 9.96. The van der Waals surface area contributed by atoms with Gasteiger partial charge in [-0.05, 0) is 31.6 Å². The van der Waals surface area contributed by atoms with Gasteiger partial charge in [-0.3, -0.25) is 9.69 Å². The fraction of sp³-hybridized carbons (Fsp3) is 0.500. The lowest BCUT2D eigenvalue weighted by Crippen LogP contribution is -2.33. The fourth-order valence-corrected chi connectivity index (χ4v) is 2.26. The van der Waals surface area contributed by atoms with E-state index in [9.17, 15) is 18.0 Å². The van der Waals surface area contributed by atoms with Gasteiger partial charge in [-0.25, -0.2) is 0 Å². The summed E-state index contributed by atoms with van der Waals surface area (Å²) in [4.78, 5) is 14.2. The summed E-state index contributed by atoms with van der Waals surface area (Å²) in [5.74, 6) is -0.806. The minimum absolute atomic E-state index is 0.0352. The monoisotopic (exact) mass is 302 g/mol. The summed E-state index contributed by atoms with van der Waals surface area (Å²) in [5.41, 5.74) is -0.0352. The predicted molar refractivity (Wildman–Crippen MR) is 71.4 cm³/mol. The second-order valence-corrected chi connectivity index (χ2v) is 4.85. The van der Waals surface area contributed by atoms with Crippen LogP contribution in [0.15, 0.2) is 24.3 Å². The third kappa shape index (κ3) is 5.02. The van der Waals surface area contributed by atoms with Crippen molar-refractivity contribution in [2.24, 2.45) is 0 Å². The Hall–Kier alpha value is -1.60. The lowest BCUT2D eigenvalue weighted by atomic mass is 10.1. The van der Waals surface area contributed by atoms with Crippen molar-refractivity contribution in [1.82, 2.24) is 10.2 Å². The molecule has 2 rings (SSSR count). The highest BCUT2D eigenvalue weighted by atomic mass is 19.4. The van der Waals surface area contributed by atoms with Crippen LogP contribution in [0, 0.1) is 0 Å². The maximum absolute atomic E-state index is 12.3. The van der Waals surface area contributed by atoms with Gasteiger partial charge in [0, 0.05) is 13.1 Å². The van der Waals surface area contributed by atoms with Crippen LogP contribution in [0.3, 0.4) is 0 Å². The Balaban J connectivity index is 2.07. The molecule has 1 aromatic rings. The summed E-state index contributed by atoms with van der Waals surface area (Å²) < 4.78 is 41.0. The van der Waals surface area contributed by atoms with E-state index in [4.69, 9.17) is 0 Å². The number of ether oxygens (including phenoxy) is 1. The average Bonchev–Trinajstić information content (AvgIpc) is 2.66. The zero-order chi connectivity index (χ0) is 15.3. The normalized spacial score (nSPS) is 17.3. The van der Waals surface area contributed by atoms with Gasteiger partial charge in [-0.2, -0.15) is 0 Å². The zero-order valence-corrected chi connectivity index (χ0v) is 11.4. The van der Waals surface area contributed by atoms with E-state index in [1.165, 1.54) is 18.2 Å². The topological polar surface area (TPSA) is 41.6 Å². The summed E-state index contributed by atoms with van der Waals surface area (Å²) in [7, 11) is 0. The van der Waals surface area contributed by atoms with Crippen LogP contribution in [0.1, 0.15) is 16.8 Å². The predicted octanol–water partition coefficient (Wildman–Crippen LogP) is 2.06. The first-order valence-electron chi connectivity index (χ1n) is 6.77. The second-order valence-electron chi connectivity index (χ2n) is 4.85. The molecular formula is C14H17F3N2O2. The largest absolute Gasteiger partial charge is 0.573 e. The van der Waals surface area contributed by atoms with Crippen molar-refractivity contribution in [1.29, 1.82) is 0 Å². The molecule has 1 N–H and O–H groups in total. The Morgan fingerprint density at radius 1 is 1.24 bits per heavy atom. The van der Waals surface area contributed by atoms with Gasteiger partial charge in [0.2, 0.25) is 0 Å². The number of alkyl halides is 3. The van der Waals surface area contributed by atoms with Crippen LogP contribution in [-0.2, 0) is 0 Å². The number of ketones is 1. The van der Waals surface area contributed by atoms with Gasteiger partial charge in [0.1, 0.15) is 5.75 Å². The Morgan fingerprint density at radius 2 is 2.00 bits per heavy atom. The van der Waals surface area contributed by atoms with Crippen LogP contribution in [-0.4, -0.2) is 49.8 Å². The van der Waals surface area contributed by atoms with E-state index >= 15 is 0 Å². The smallest absolute Gasteiger partial charge is 0.405 e. The van der Waals surface area contributed by atoms with E-state index in [1.807, 2.05) is 4.90 Å². The van der Waals surface area contributed by atoms with Crippen molar-refractivity contribution >= 4 is 5.78 Å². The molecule has 0 unspecified atom stereocenters. The molecular weight excluding hydrogens is 285 g/mol. The lowest BCUT2D eigenvalue weighted by molar-refractivity contribution is -0.274. The van der Waals surface area contributed by atoms with Gasteiger partial charge >= 0.3 is 6.36 Å². The molecule has 4 nitrogen and oxygen atoms in total. The molecule has 116 valence electrons. The van der Waals surface area contributed by atoms with Crippen molar-refractivity contribution in [2.75, 3.05) is 32.7 Å². The minimum Gasteiger partial charge on any atom is -0.405 e. The standard InChI is InChI=1S/C14H17F3N2O2/c15-14(16,17)21-13-5-2-1-4-11(13)12(20)10-19-8-3-6-18-7-9-19/h1-2,4-5,18H,3,6-10H2. The molecule has 1 fully saturated rings. The van der Waals surface area contributed by atoms with Crippen molar-refractivity contribution in [3.05, 3.63) is 29.8 Å². The molecule has 1 aliphatic rings. The molecule has 1 saturated heterocycles. The number of carbonyl (C=O) groups is 1. The zero-order valence-electron chi connectivity index (χ0n) is 11.4. The van der Waals surface area contributed by atoms with Gasteiger partial charge < -0.3 is 10.1 Å². The Kier molecular flexibility index (Phi) is 5.19. The van der Waals surface area contributed by atoms with E-state index < -0.39 is 12.1 Å². The van der Waals surface area contributed by atoms with Gasteiger partial charge in [-0.15, -0.1) is 13.2 Å². The van der Waals surface area contributed by atoms with Crippen molar-refractivity contribution in [2.45, 2.75) is 12.8 Å². The summed E-state index contributed by atoms with van der Waals surface area (Å²) in [6.45, 7) is 3.21. The third-order valence-corrected chi connectivity index (χ3v) is 3.21. The SMILES string of the molecule is O=C(CN1CCCNCC1)c1ccccc1OC(F)(F)F. The van der Waals surface area contributed by atoms with Crippen LogP contribution < -0.4 is 10.1 Å². The molecule has 0 bridgehead atoms. The van der Waals surface area contributed by atoms with E-state index in [0.29, 0.717) is 6.54 Å². The van der Waals surface area contributed by atoms with Gasteiger partial charge in [0.25, 0.3) is 0 Å². The number of halogens is 3. The number of Topliss-reactive ketones (excluding diaryl/α,β-unsaturated/α-hetero) is 1. The van der Waals surface area contributed by atoms with Gasteiger partial charge in [-0.1, -0.05) is 12.1 Å². The Labute approximate surface area is 120 Å². The number of hydrogen-bond donors (Lipinski definition) is 1. The number of nitrogens with zero attached hydrogens (tertiary/aromatic N) is 1. The Bertz CT molecular complexity index is 483. The van der Waals surface area contributed by atoms with Crippen LogP contribution in [0.5, 0.6) is 5.75 Å². The highest BCUT2D eigenvalue weighted by molar-refractivity contribution is 6.00. The average molecular weight is 302 g/mol. The number of rotatable bonds is 4. The van der Waals surface area contributed by atoms with Crippen molar-refractivity contribution in [3.8, 4) is 5.75 Å². The molecule has 0 amide bonds. The lowest BCUT2D eigenvalue weighted by Gasteiger charge is -2.19. The van der Waals surface area contributed by atoms with Gasteiger partial charge in [0.05, 0.1) is 12.1 Å². The first kappa shape index (κ1) is 15.8. The number of carbonyl (C=O) groups excluding carboxylic acids is 1. The Morgan fingerprint density at radius 3 is 2.76 bits per heavy atom. The van der Waals surface area contributed by atoms with Crippen molar-refractivity contribution < 1.29 is 22.7 Å². The number of nitrogens with one attached hydrogen (secondary N) is 1. The molecule has 1 aliphatic heterocycles. The number of hydrogen-bond acceptors (Lipinski definition) is 4. The molecule has 0 atom stereocenters. The molecule has 0 spiro atoms. The van der Waals surface area contributed by atoms with E-state index in [2.05, 4.69) is 10.1 Å². The molecule has 0 aromatic heterocycles. The first-order valence-corrected chi connectivity index (χ1v) is 6.77. The number of para-hydroxylation sites is 1. The molecule has 21 heavy (non-hydrogen) atoms.